The van der Waals surface area contributed by atoms with Gasteiger partial charge in [0.1, 0.15) is 0 Å². The van der Waals surface area contributed by atoms with Crippen LogP contribution >= 0.6 is 0 Å². The molecule has 0 aromatic carbocycles. The van der Waals surface area contributed by atoms with Gasteiger partial charge >= 0.3 is 0 Å². The van der Waals surface area contributed by atoms with Crippen LogP contribution in [0.5, 0.6) is 0 Å². The molecule has 0 aromatic heterocycles. The van der Waals surface area contributed by atoms with E-state index in [4.69, 9.17) is 0 Å². The molecule has 0 aliphatic heterocycles. The van der Waals surface area contributed by atoms with Gasteiger partial charge in [-0.3, -0.25) is 0 Å². The van der Waals surface area contributed by atoms with Crippen LogP contribution in [-0.4, -0.2) is 0 Å². The summed E-state index contributed by atoms with van der Waals surface area (Å²) in [7, 11) is 0. The van der Waals surface area contributed by atoms with Crippen LogP contribution in [0.4, 0.5) is 0 Å². The third kappa shape index (κ3) is 177. The molecule has 0 aliphatic rings. The van der Waals surface area contributed by atoms with Crippen molar-refractivity contribution in [1.29, 1.82) is 0 Å². The van der Waals surface area contributed by atoms with Crippen molar-refractivity contribution in [1.82, 2.24) is 0 Å². The van der Waals surface area contributed by atoms with Gasteiger partial charge in [-0.15, -0.1) is 0 Å². The molecule has 0 saturated heterocycles. The predicted molar refractivity (Wildman–Crippen MR) is 0 cm³/mol. The topological polar surface area (TPSA) is 0 Å². The average molecular weight is 3750 g/mol. The maximum atomic E-state index is 0. The zero-order valence-electron chi connectivity index (χ0n) is 15.6. The third-order valence-corrected chi connectivity index (χ3v) is 0. The molecule has 0 N–H and O–H groups in total. The molecule has 0 aliphatic carbocycles. The molecular weight excluding hydrogens is 3750 g/mol. The molecule has 0 amide bonds. The summed E-state index contributed by atoms with van der Waals surface area (Å²) in [6.45, 7) is 0. The first-order valence-corrected chi connectivity index (χ1v) is 0. The van der Waals surface area contributed by atoms with E-state index in [2.05, 4.69) is 0 Å². The van der Waals surface area contributed by atoms with E-state index < -0.39 is 0 Å². The minimum atomic E-state index is 0. The smallest absolute Gasteiger partial charge is 0 e. The Labute approximate surface area is 922 Å². The van der Waals surface area contributed by atoms with Gasteiger partial charge in [0.15, 0.2) is 0 Å². The van der Waals surface area contributed by atoms with E-state index >= 15 is 0 Å². The molecule has 0 rings (SSSR count). The van der Waals surface area contributed by atoms with Gasteiger partial charge in [-0.25, -0.2) is 0 Å². The monoisotopic (exact) mass is 3750 g/mol. The van der Waals surface area contributed by atoms with Crippen molar-refractivity contribution in [2.24, 2.45) is 0 Å². The molecule has 0 fully saturated rings. The molecule has 0 saturated carbocycles. The second kappa shape index (κ2) is 184. The van der Waals surface area contributed by atoms with E-state index in [9.17, 15) is 0 Å². The summed E-state index contributed by atoms with van der Waals surface area (Å²) in [5.74, 6) is 0. The predicted octanol–water partition coefficient (Wildman–Crippen LogP) is 0. The summed E-state index contributed by atoms with van der Waals surface area (Å²) in [6.07, 6.45) is 0. The maximum absolute atomic E-state index is 0. The number of hydrogen-bond donors (Lipinski definition) is 0. The standard InChI is InChI=1S/27La. The van der Waals surface area contributed by atoms with Gasteiger partial charge < -0.3 is 0 Å². The van der Waals surface area contributed by atoms with Gasteiger partial charge in [0.05, 0.1) is 0 Å². The van der Waals surface area contributed by atoms with Crippen molar-refractivity contribution >= 4 is 0 Å². The first-order chi connectivity index (χ1) is 0. The van der Waals surface area contributed by atoms with Crippen molar-refractivity contribution in [3.8, 4) is 0 Å². The fourth-order valence-electron chi connectivity index (χ4n) is 0. The molecule has 27 heteroatoms. The summed E-state index contributed by atoms with van der Waals surface area (Å²) in [6, 6.07) is 0. The van der Waals surface area contributed by atoms with Crippen LogP contribution in [-0.2, 0) is 0 Å². The SMILES string of the molecule is [La].[La].[La].[La].[La].[La].[La].[La].[La].[La].[La].[La].[La].[La].[La].[La].[La].[La].[La].[La].[La].[La].[La].[La].[La].[La].[La]. The number of hydrogen-bond acceptors (Lipinski definition) is 0. The van der Waals surface area contributed by atoms with E-state index in [-0.39, 0.29) is 961 Å². The van der Waals surface area contributed by atoms with Gasteiger partial charge in [0.25, 0.3) is 0 Å². The molecular formula is La27. The van der Waals surface area contributed by atoms with E-state index in [0.717, 1.165) is 0 Å². The Hall–Kier alpha value is 32.3. The molecule has 0 nitrogen and oxygen atoms in total. The van der Waals surface area contributed by atoms with Crippen molar-refractivity contribution in [3.05, 3.63) is 0 Å². The van der Waals surface area contributed by atoms with Crippen LogP contribution in [0.1, 0.15) is 0 Å². The first kappa shape index (κ1) is 193. The fraction of sp³-hybridized carbons (Fsp3) is 0. The first-order valence-electron chi connectivity index (χ1n) is 0. The Morgan fingerprint density at radius 3 is 0.0370 bits per heavy atom. The summed E-state index contributed by atoms with van der Waals surface area (Å²) in [4.78, 5) is 0. The maximum Gasteiger partial charge on any atom is 0 e. The average Bonchev–Trinajstić information content (AvgIpc) is 0. The molecule has 0 heterocycles. The van der Waals surface area contributed by atoms with Gasteiger partial charge in [-0.1, -0.05) is 0 Å². The van der Waals surface area contributed by atoms with Crippen molar-refractivity contribution in [2.75, 3.05) is 0 Å². The van der Waals surface area contributed by atoms with Crippen LogP contribution in [0, 0.1) is 961 Å². The van der Waals surface area contributed by atoms with Gasteiger partial charge in [-0.2, -0.15) is 0 Å². The zero-order chi connectivity index (χ0) is 0. The second-order valence-electron chi connectivity index (χ2n) is 0. The van der Waals surface area contributed by atoms with Crippen LogP contribution in [0.15, 0.2) is 0 Å². The Balaban J connectivity index is 0. The quantitative estimate of drug-likeness (QED) is 0.321. The minimum Gasteiger partial charge on any atom is 0 e. The van der Waals surface area contributed by atoms with Gasteiger partial charge in [0, 0.05) is 961 Å². The largest absolute Gasteiger partial charge is 0 e. The summed E-state index contributed by atoms with van der Waals surface area (Å²) in [5.41, 5.74) is 0. The van der Waals surface area contributed by atoms with E-state index in [1.807, 2.05) is 0 Å². The normalized spacial score (nSPS) is 0. The Morgan fingerprint density at radius 2 is 0.0370 bits per heavy atom. The molecule has 27 radical (unpaired) electrons. The van der Waals surface area contributed by atoms with Gasteiger partial charge in [-0.05, 0) is 0 Å². The fourth-order valence-corrected chi connectivity index (χ4v) is 0. The molecule has 0 spiro atoms. The van der Waals surface area contributed by atoms with Crippen LogP contribution in [0.2, 0.25) is 0 Å². The minimum absolute atomic E-state index is 0. The molecule has 0 aromatic rings. The van der Waals surface area contributed by atoms with Crippen LogP contribution in [0.3, 0.4) is 0 Å². The van der Waals surface area contributed by atoms with E-state index in [1.165, 1.54) is 0 Å². The Kier molecular flexibility index (Phi) is 1310. The second-order valence-corrected chi connectivity index (χ2v) is 0. The Morgan fingerprint density at radius 1 is 0.0370 bits per heavy atom. The van der Waals surface area contributed by atoms with Crippen molar-refractivity contribution in [2.45, 2.75) is 0 Å². The summed E-state index contributed by atoms with van der Waals surface area (Å²) < 4.78 is 0. The molecule has 0 atom stereocenters. The molecule has 0 bridgehead atoms. The zero-order valence-corrected chi connectivity index (χ0v) is 113. The molecule has 81 valence electrons. The van der Waals surface area contributed by atoms with E-state index in [0.29, 0.717) is 0 Å². The number of rotatable bonds is 0. The van der Waals surface area contributed by atoms with Gasteiger partial charge in [0.2, 0.25) is 0 Å². The third-order valence-electron chi connectivity index (χ3n) is 0. The molecule has 27 heavy (non-hydrogen) atoms. The van der Waals surface area contributed by atoms with Crippen molar-refractivity contribution < 1.29 is 961 Å². The van der Waals surface area contributed by atoms with Crippen molar-refractivity contribution in [3.63, 3.8) is 0 Å². The summed E-state index contributed by atoms with van der Waals surface area (Å²) in [5, 5.41) is 0. The summed E-state index contributed by atoms with van der Waals surface area (Å²) >= 11 is 0. The van der Waals surface area contributed by atoms with E-state index in [1.54, 1.807) is 0 Å². The van der Waals surface area contributed by atoms with Crippen LogP contribution < -0.4 is 0 Å². The van der Waals surface area contributed by atoms with Crippen LogP contribution in [0.25, 0.3) is 0 Å². The molecule has 0 unspecified atom stereocenters. The Bertz CT molecular complexity index is 0.